The predicted octanol–water partition coefficient (Wildman–Crippen LogP) is 7.55. The van der Waals surface area contributed by atoms with Gasteiger partial charge in [0.2, 0.25) is 11.8 Å². The van der Waals surface area contributed by atoms with Gasteiger partial charge in [0, 0.05) is 24.0 Å². The van der Waals surface area contributed by atoms with Crippen molar-refractivity contribution in [1.29, 1.82) is 0 Å². The van der Waals surface area contributed by atoms with Crippen LogP contribution < -0.4 is 9.62 Å². The third-order valence-electron chi connectivity index (χ3n) is 9.15. The van der Waals surface area contributed by atoms with E-state index in [0.717, 1.165) is 58.7 Å². The molecule has 9 heteroatoms. The van der Waals surface area contributed by atoms with E-state index in [-0.39, 0.29) is 29.8 Å². The summed E-state index contributed by atoms with van der Waals surface area (Å²) in [6, 6.07) is 28.1. The highest BCUT2D eigenvalue weighted by Crippen LogP contribution is 2.30. The molecule has 1 aliphatic rings. The molecule has 1 saturated carbocycles. The van der Waals surface area contributed by atoms with Crippen LogP contribution in [-0.4, -0.2) is 43.8 Å². The molecule has 2 amide bonds. The van der Waals surface area contributed by atoms with Gasteiger partial charge in [0.15, 0.2) is 0 Å². The molecule has 0 aromatic heterocycles. The first-order valence-electron chi connectivity index (χ1n) is 16.6. The van der Waals surface area contributed by atoms with Crippen LogP contribution in [0.15, 0.2) is 102 Å². The maximum Gasteiger partial charge on any atom is 0.264 e. The van der Waals surface area contributed by atoms with Gasteiger partial charge in [0.05, 0.1) is 10.6 Å². The second kappa shape index (κ2) is 15.8. The molecule has 0 saturated heterocycles. The van der Waals surface area contributed by atoms with E-state index >= 15 is 0 Å². The van der Waals surface area contributed by atoms with Gasteiger partial charge in [-0.25, -0.2) is 8.42 Å². The number of aryl methyl sites for hydroxylation is 3. The van der Waals surface area contributed by atoms with Crippen molar-refractivity contribution in [3.63, 3.8) is 0 Å². The molecule has 0 radical (unpaired) electrons. The van der Waals surface area contributed by atoms with Crippen molar-refractivity contribution in [2.24, 2.45) is 0 Å². The van der Waals surface area contributed by atoms with Gasteiger partial charge in [-0.1, -0.05) is 109 Å². The average molecular weight is 686 g/mol. The van der Waals surface area contributed by atoms with Crippen LogP contribution in [0, 0.1) is 20.8 Å². The van der Waals surface area contributed by atoms with Gasteiger partial charge in [-0.05, 0) is 80.1 Å². The Balaban J connectivity index is 1.59. The van der Waals surface area contributed by atoms with Crippen LogP contribution in [0.5, 0.6) is 0 Å². The molecule has 1 N–H and O–H groups in total. The quantitative estimate of drug-likeness (QED) is 0.167. The van der Waals surface area contributed by atoms with Gasteiger partial charge in [-0.2, -0.15) is 0 Å². The summed E-state index contributed by atoms with van der Waals surface area (Å²) in [4.78, 5) is 30.7. The maximum atomic E-state index is 14.8. The van der Waals surface area contributed by atoms with Crippen LogP contribution in [0.25, 0.3) is 0 Å². The highest BCUT2D eigenvalue weighted by atomic mass is 35.5. The van der Waals surface area contributed by atoms with E-state index in [2.05, 4.69) is 5.32 Å². The molecular weight excluding hydrogens is 642 g/mol. The Labute approximate surface area is 290 Å². The molecular formula is C39H44ClN3O4S. The van der Waals surface area contributed by atoms with E-state index in [4.69, 9.17) is 11.6 Å². The molecule has 7 nitrogen and oxygen atoms in total. The Bertz CT molecular complexity index is 1820. The smallest absolute Gasteiger partial charge is 0.264 e. The lowest BCUT2D eigenvalue weighted by Crippen LogP contribution is -2.55. The van der Waals surface area contributed by atoms with Gasteiger partial charge in [0.1, 0.15) is 12.6 Å². The number of hydrogen-bond acceptors (Lipinski definition) is 4. The number of benzene rings is 4. The summed E-state index contributed by atoms with van der Waals surface area (Å²) in [6.45, 7) is 5.25. The predicted molar refractivity (Wildman–Crippen MR) is 193 cm³/mol. The van der Waals surface area contributed by atoms with Crippen LogP contribution in [0.2, 0.25) is 5.02 Å². The molecule has 5 rings (SSSR count). The van der Waals surface area contributed by atoms with E-state index in [1.807, 2.05) is 68.4 Å². The number of carbonyl (C=O) groups excluding carboxylic acids is 2. The molecule has 0 aliphatic heterocycles. The van der Waals surface area contributed by atoms with E-state index in [1.54, 1.807) is 54.3 Å². The molecule has 48 heavy (non-hydrogen) atoms. The number of nitrogens with zero attached hydrogens (tertiary/aromatic N) is 2. The summed E-state index contributed by atoms with van der Waals surface area (Å²) >= 11 is 6.41. The lowest BCUT2D eigenvalue weighted by Gasteiger charge is -2.35. The first-order chi connectivity index (χ1) is 23.0. The minimum atomic E-state index is -4.22. The van der Waals surface area contributed by atoms with E-state index in [1.165, 1.54) is 0 Å². The van der Waals surface area contributed by atoms with E-state index in [9.17, 15) is 18.0 Å². The molecule has 0 heterocycles. The minimum absolute atomic E-state index is 0.0347. The van der Waals surface area contributed by atoms with Gasteiger partial charge in [0.25, 0.3) is 10.0 Å². The zero-order valence-corrected chi connectivity index (χ0v) is 29.4. The van der Waals surface area contributed by atoms with Crippen molar-refractivity contribution in [2.75, 3.05) is 10.8 Å². The number of nitrogens with one attached hydrogen (secondary N) is 1. The fourth-order valence-corrected chi connectivity index (χ4v) is 7.91. The second-order valence-electron chi connectivity index (χ2n) is 12.8. The number of halogens is 1. The molecule has 1 fully saturated rings. The van der Waals surface area contributed by atoms with Crippen molar-refractivity contribution in [1.82, 2.24) is 10.2 Å². The van der Waals surface area contributed by atoms with Crippen LogP contribution in [0.4, 0.5) is 5.69 Å². The first kappa shape index (κ1) is 35.2. The van der Waals surface area contributed by atoms with Crippen LogP contribution >= 0.6 is 11.6 Å². The molecule has 0 unspecified atom stereocenters. The number of anilines is 1. The number of amides is 2. The molecule has 4 aromatic rings. The highest BCUT2D eigenvalue weighted by Gasteiger charge is 2.36. The summed E-state index contributed by atoms with van der Waals surface area (Å²) in [5.41, 5.74) is 4.60. The second-order valence-corrected chi connectivity index (χ2v) is 15.1. The fourth-order valence-electron chi connectivity index (χ4n) is 6.27. The first-order valence-corrected chi connectivity index (χ1v) is 18.4. The molecule has 252 valence electrons. The third-order valence-corrected chi connectivity index (χ3v) is 11.2. The molecule has 1 atom stereocenters. The van der Waals surface area contributed by atoms with E-state index in [0.29, 0.717) is 16.3 Å². The lowest BCUT2D eigenvalue weighted by molar-refractivity contribution is -0.140. The van der Waals surface area contributed by atoms with Crippen molar-refractivity contribution in [2.45, 2.75) is 82.8 Å². The zero-order chi connectivity index (χ0) is 34.3. The third kappa shape index (κ3) is 8.65. The Morgan fingerprint density at radius 2 is 1.50 bits per heavy atom. The zero-order valence-electron chi connectivity index (χ0n) is 27.9. The molecule has 0 spiro atoms. The van der Waals surface area contributed by atoms with Crippen molar-refractivity contribution in [3.8, 4) is 0 Å². The normalized spacial score (nSPS) is 14.2. The summed E-state index contributed by atoms with van der Waals surface area (Å²) < 4.78 is 29.9. The molecule has 4 aromatic carbocycles. The van der Waals surface area contributed by atoms with Gasteiger partial charge >= 0.3 is 0 Å². The number of rotatable bonds is 12. The van der Waals surface area contributed by atoms with Crippen LogP contribution in [0.3, 0.4) is 0 Å². The van der Waals surface area contributed by atoms with Crippen molar-refractivity contribution >= 4 is 39.1 Å². The number of sulfonamides is 1. The monoisotopic (exact) mass is 685 g/mol. The van der Waals surface area contributed by atoms with E-state index < -0.39 is 28.5 Å². The topological polar surface area (TPSA) is 86.8 Å². The highest BCUT2D eigenvalue weighted by molar-refractivity contribution is 7.92. The van der Waals surface area contributed by atoms with Gasteiger partial charge in [-0.15, -0.1) is 0 Å². The Morgan fingerprint density at radius 1 is 0.833 bits per heavy atom. The average Bonchev–Trinajstić information content (AvgIpc) is 3.08. The summed E-state index contributed by atoms with van der Waals surface area (Å²) in [6.07, 6.45) is 5.30. The minimum Gasteiger partial charge on any atom is -0.352 e. The summed E-state index contributed by atoms with van der Waals surface area (Å²) in [5.74, 6) is -0.729. The SMILES string of the molecule is Cc1ccc(S(=O)(=O)N(CC(=O)N(Cc2ccccc2C)[C@@H](Cc2ccccc2)C(=O)NC2CCCCC2)c2cc(Cl)ccc2C)cc1. The summed E-state index contributed by atoms with van der Waals surface area (Å²) in [7, 11) is -4.22. The molecule has 0 bridgehead atoms. The van der Waals surface area contributed by atoms with Gasteiger partial charge < -0.3 is 10.2 Å². The van der Waals surface area contributed by atoms with Crippen LogP contribution in [0.1, 0.15) is 59.9 Å². The van der Waals surface area contributed by atoms with Crippen molar-refractivity contribution < 1.29 is 18.0 Å². The largest absolute Gasteiger partial charge is 0.352 e. The Hall–Kier alpha value is -4.14. The fraction of sp³-hybridized carbons (Fsp3) is 0.333. The molecule has 1 aliphatic carbocycles. The van der Waals surface area contributed by atoms with Gasteiger partial charge in [-0.3, -0.25) is 13.9 Å². The Morgan fingerprint density at radius 3 is 2.19 bits per heavy atom. The number of carbonyl (C=O) groups is 2. The van der Waals surface area contributed by atoms with Crippen LogP contribution in [-0.2, 0) is 32.6 Å². The lowest BCUT2D eigenvalue weighted by atomic mass is 9.94. The van der Waals surface area contributed by atoms with Crippen molar-refractivity contribution in [3.05, 3.63) is 130 Å². The summed E-state index contributed by atoms with van der Waals surface area (Å²) in [5, 5.41) is 3.60. The standard InChI is InChI=1S/C39H44ClN3O4S/c1-28-18-22-35(23-19-28)48(46,47)43(36-25-33(40)21-20-30(36)3)27-38(44)42(26-32-15-11-10-12-29(32)2)37(24-31-13-6-4-7-14-31)39(45)41-34-16-8-5-9-17-34/h4,6-7,10-15,18-23,25,34,37H,5,8-9,16-17,24,26-27H2,1-3H3,(H,41,45)/t37-/m0/s1. The Kier molecular flexibility index (Phi) is 11.6. The maximum absolute atomic E-state index is 14.8. The number of hydrogen-bond donors (Lipinski definition) is 1.